The van der Waals surface area contributed by atoms with Gasteiger partial charge in [0.2, 0.25) is 10.0 Å². The molecule has 0 bridgehead atoms. The van der Waals surface area contributed by atoms with E-state index in [-0.39, 0.29) is 10.9 Å². The van der Waals surface area contributed by atoms with Gasteiger partial charge in [0.15, 0.2) is 0 Å². The van der Waals surface area contributed by atoms with Crippen molar-refractivity contribution in [3.8, 4) is 0 Å². The Morgan fingerprint density at radius 3 is 2.71 bits per heavy atom. The molecule has 0 radical (unpaired) electrons. The van der Waals surface area contributed by atoms with Crippen molar-refractivity contribution < 1.29 is 8.42 Å². The van der Waals surface area contributed by atoms with Crippen LogP contribution < -0.4 is 4.90 Å². The quantitative estimate of drug-likeness (QED) is 0.767. The summed E-state index contributed by atoms with van der Waals surface area (Å²) in [5.41, 5.74) is 2.71. The van der Waals surface area contributed by atoms with Gasteiger partial charge in [-0.1, -0.05) is 29.8 Å². The molecule has 1 aromatic carbocycles. The summed E-state index contributed by atoms with van der Waals surface area (Å²) in [5, 5.41) is 0.322. The molecule has 0 saturated heterocycles. The minimum atomic E-state index is -3.65. The summed E-state index contributed by atoms with van der Waals surface area (Å²) in [7, 11) is -1.67. The number of fused-ring (bicyclic) bond motifs is 1. The molecule has 24 heavy (non-hydrogen) atoms. The predicted molar refractivity (Wildman–Crippen MR) is 95.9 cm³/mol. The van der Waals surface area contributed by atoms with Gasteiger partial charge in [-0.3, -0.25) is 0 Å². The smallest absolute Gasteiger partial charge is 0.245 e. The van der Waals surface area contributed by atoms with E-state index in [0.29, 0.717) is 23.8 Å². The first-order valence-electron chi connectivity index (χ1n) is 7.73. The molecule has 128 valence electrons. The number of halogens is 1. The molecular formula is C17H20ClN3O2S. The van der Waals surface area contributed by atoms with Gasteiger partial charge in [0, 0.05) is 38.1 Å². The number of anilines is 1. The molecule has 0 saturated carbocycles. The summed E-state index contributed by atoms with van der Waals surface area (Å²) < 4.78 is 27.9. The average Bonchev–Trinajstić information content (AvgIpc) is 2.67. The molecule has 3 rings (SSSR count). The van der Waals surface area contributed by atoms with Crippen molar-refractivity contribution >= 4 is 27.3 Å². The third-order valence-corrected chi connectivity index (χ3v) is 6.68. The number of hydrogen-bond acceptors (Lipinski definition) is 4. The normalized spacial score (nSPS) is 19.0. The van der Waals surface area contributed by atoms with E-state index in [9.17, 15) is 8.42 Å². The van der Waals surface area contributed by atoms with Gasteiger partial charge in [-0.05, 0) is 37.1 Å². The van der Waals surface area contributed by atoms with Crippen LogP contribution in [0, 0.1) is 6.92 Å². The van der Waals surface area contributed by atoms with E-state index in [0.717, 1.165) is 11.3 Å². The monoisotopic (exact) mass is 365 g/mol. The second kappa shape index (κ2) is 6.35. The Morgan fingerprint density at radius 2 is 2.00 bits per heavy atom. The number of aryl methyl sites for hydroxylation is 1. The van der Waals surface area contributed by atoms with E-state index in [1.807, 2.05) is 38.2 Å². The van der Waals surface area contributed by atoms with Crippen LogP contribution in [0.1, 0.15) is 18.1 Å². The van der Waals surface area contributed by atoms with Crippen molar-refractivity contribution in [1.29, 1.82) is 0 Å². The fourth-order valence-electron chi connectivity index (χ4n) is 3.06. The van der Waals surface area contributed by atoms with Crippen LogP contribution in [0.4, 0.5) is 5.69 Å². The minimum absolute atomic E-state index is 0.164. The van der Waals surface area contributed by atoms with Gasteiger partial charge in [-0.2, -0.15) is 4.31 Å². The minimum Gasteiger partial charge on any atom is -0.373 e. The Labute approximate surface area is 147 Å². The van der Waals surface area contributed by atoms with Crippen LogP contribution in [0.2, 0.25) is 5.15 Å². The van der Waals surface area contributed by atoms with Gasteiger partial charge in [0.25, 0.3) is 0 Å². The van der Waals surface area contributed by atoms with Crippen LogP contribution in [0.3, 0.4) is 0 Å². The van der Waals surface area contributed by atoms with E-state index in [4.69, 9.17) is 11.6 Å². The van der Waals surface area contributed by atoms with Crippen molar-refractivity contribution in [2.45, 2.75) is 31.3 Å². The molecule has 1 aromatic heterocycles. The molecule has 2 heterocycles. The number of likely N-dealkylation sites (N-methyl/N-ethyl adjacent to an activating group) is 1. The van der Waals surface area contributed by atoms with E-state index >= 15 is 0 Å². The maximum Gasteiger partial charge on any atom is 0.245 e. The lowest BCUT2D eigenvalue weighted by Crippen LogP contribution is -2.41. The Kier molecular flexibility index (Phi) is 4.55. The summed E-state index contributed by atoms with van der Waals surface area (Å²) >= 11 is 5.93. The molecule has 0 spiro atoms. The average molecular weight is 366 g/mol. The lowest BCUT2D eigenvalue weighted by Gasteiger charge is -2.27. The molecule has 0 aliphatic carbocycles. The molecule has 1 atom stereocenters. The van der Waals surface area contributed by atoms with Crippen LogP contribution in [-0.4, -0.2) is 37.3 Å². The molecule has 0 amide bonds. The first-order valence-corrected chi connectivity index (χ1v) is 9.55. The number of hydrogen-bond donors (Lipinski definition) is 0. The first kappa shape index (κ1) is 17.2. The number of nitrogens with zero attached hydrogens (tertiary/aromatic N) is 3. The fraction of sp³-hybridized carbons (Fsp3) is 0.353. The number of aromatic nitrogens is 1. The molecular weight excluding hydrogens is 346 g/mol. The highest BCUT2D eigenvalue weighted by atomic mass is 35.5. The highest BCUT2D eigenvalue weighted by molar-refractivity contribution is 7.89. The number of rotatable bonds is 2. The first-order chi connectivity index (χ1) is 11.3. The van der Waals surface area contributed by atoms with Gasteiger partial charge in [0.1, 0.15) is 10.0 Å². The van der Waals surface area contributed by atoms with E-state index in [2.05, 4.69) is 9.88 Å². The van der Waals surface area contributed by atoms with Crippen LogP contribution in [0.5, 0.6) is 0 Å². The fourth-order valence-corrected chi connectivity index (χ4v) is 4.79. The zero-order chi connectivity index (χ0) is 17.5. The number of benzene rings is 1. The van der Waals surface area contributed by atoms with Crippen LogP contribution >= 0.6 is 11.6 Å². The van der Waals surface area contributed by atoms with Crippen LogP contribution in [0.15, 0.2) is 41.4 Å². The zero-order valence-electron chi connectivity index (χ0n) is 13.9. The van der Waals surface area contributed by atoms with Gasteiger partial charge >= 0.3 is 0 Å². The SMILES string of the molecule is Cc1cc(S(=O)(=O)N2Cc3ccccc3N(C)C[C@@H]2C)cnc1Cl. The summed E-state index contributed by atoms with van der Waals surface area (Å²) in [5.74, 6) is 0. The van der Waals surface area contributed by atoms with Crippen LogP contribution in [-0.2, 0) is 16.6 Å². The largest absolute Gasteiger partial charge is 0.373 e. The topological polar surface area (TPSA) is 53.5 Å². The highest BCUT2D eigenvalue weighted by Crippen LogP contribution is 2.30. The molecule has 0 N–H and O–H groups in total. The predicted octanol–water partition coefficient (Wildman–Crippen LogP) is 3.07. The van der Waals surface area contributed by atoms with Crippen molar-refractivity contribution in [3.05, 3.63) is 52.8 Å². The molecule has 5 nitrogen and oxygen atoms in total. The molecule has 0 fully saturated rings. The van der Waals surface area contributed by atoms with E-state index in [1.165, 1.54) is 6.20 Å². The van der Waals surface area contributed by atoms with Crippen molar-refractivity contribution in [2.24, 2.45) is 0 Å². The maximum absolute atomic E-state index is 13.2. The van der Waals surface area contributed by atoms with E-state index < -0.39 is 10.0 Å². The second-order valence-electron chi connectivity index (χ2n) is 6.19. The Bertz CT molecular complexity index is 870. The molecule has 0 unspecified atom stereocenters. The van der Waals surface area contributed by atoms with Gasteiger partial charge in [0.05, 0.1) is 0 Å². The van der Waals surface area contributed by atoms with E-state index in [1.54, 1.807) is 17.3 Å². The summed E-state index contributed by atoms with van der Waals surface area (Å²) in [6, 6.07) is 9.31. The van der Waals surface area contributed by atoms with Gasteiger partial charge in [-0.25, -0.2) is 13.4 Å². The van der Waals surface area contributed by atoms with Crippen molar-refractivity contribution in [2.75, 3.05) is 18.5 Å². The summed E-state index contributed by atoms with van der Waals surface area (Å²) in [6.45, 7) is 4.64. The standard InChI is InChI=1S/C17H20ClN3O2S/c1-12-8-15(9-19-17(12)18)24(22,23)21-11-14-6-4-5-7-16(14)20(3)10-13(21)2/h4-9,13H,10-11H2,1-3H3/t13-/m0/s1. The number of para-hydroxylation sites is 1. The number of pyridine rings is 1. The lowest BCUT2D eigenvalue weighted by atomic mass is 10.1. The molecule has 7 heteroatoms. The maximum atomic E-state index is 13.2. The Morgan fingerprint density at radius 1 is 1.29 bits per heavy atom. The third kappa shape index (κ3) is 3.01. The Balaban J connectivity index is 2.05. The van der Waals surface area contributed by atoms with Crippen molar-refractivity contribution in [1.82, 2.24) is 9.29 Å². The lowest BCUT2D eigenvalue weighted by molar-refractivity contribution is 0.340. The molecule has 1 aliphatic heterocycles. The molecule has 2 aromatic rings. The summed E-state index contributed by atoms with van der Waals surface area (Å²) in [6.07, 6.45) is 1.33. The second-order valence-corrected chi connectivity index (χ2v) is 8.44. The van der Waals surface area contributed by atoms with Crippen LogP contribution in [0.25, 0.3) is 0 Å². The third-order valence-electron chi connectivity index (χ3n) is 4.35. The number of sulfonamides is 1. The Hall–Kier alpha value is -1.63. The van der Waals surface area contributed by atoms with Crippen molar-refractivity contribution in [3.63, 3.8) is 0 Å². The van der Waals surface area contributed by atoms with Gasteiger partial charge < -0.3 is 4.90 Å². The zero-order valence-corrected chi connectivity index (χ0v) is 15.5. The highest BCUT2D eigenvalue weighted by Gasteiger charge is 2.33. The molecule has 1 aliphatic rings. The van der Waals surface area contributed by atoms with Gasteiger partial charge in [-0.15, -0.1) is 0 Å². The summed E-state index contributed by atoms with van der Waals surface area (Å²) in [4.78, 5) is 6.27.